The van der Waals surface area contributed by atoms with Crippen LogP contribution in [0.3, 0.4) is 0 Å². The highest BCUT2D eigenvalue weighted by Crippen LogP contribution is 2.29. The van der Waals surface area contributed by atoms with E-state index in [0.29, 0.717) is 21.1 Å². The van der Waals surface area contributed by atoms with Crippen molar-refractivity contribution in [1.82, 2.24) is 0 Å². The standard InChI is InChI=1S/C20H15Cl2NO4/c1-11(19(25)23-15-9-13(21)8-14(22)10-15)27-20(26)17-7-6-12-4-2-3-5-16(12)18(17)24/h2-11,24H,1H3,(H,23,25)/t11-/m1/s1. The van der Waals surface area contributed by atoms with Gasteiger partial charge in [-0.1, -0.05) is 53.5 Å². The van der Waals surface area contributed by atoms with Crippen LogP contribution in [0.5, 0.6) is 5.75 Å². The number of anilines is 1. The summed E-state index contributed by atoms with van der Waals surface area (Å²) >= 11 is 11.8. The molecule has 7 heteroatoms. The average Bonchev–Trinajstić information content (AvgIpc) is 2.61. The number of phenols is 1. The summed E-state index contributed by atoms with van der Waals surface area (Å²) < 4.78 is 5.18. The summed E-state index contributed by atoms with van der Waals surface area (Å²) in [5.41, 5.74) is 0.369. The molecule has 0 aliphatic carbocycles. The van der Waals surface area contributed by atoms with Crippen LogP contribution >= 0.6 is 23.2 Å². The molecule has 1 amide bonds. The second kappa shape index (κ2) is 7.86. The summed E-state index contributed by atoms with van der Waals surface area (Å²) in [5, 5.41) is 15.0. The van der Waals surface area contributed by atoms with Crippen LogP contribution in [0, 0.1) is 0 Å². The molecule has 5 nitrogen and oxygen atoms in total. The zero-order valence-corrected chi connectivity index (χ0v) is 15.7. The number of amides is 1. The fourth-order valence-electron chi connectivity index (χ4n) is 2.57. The van der Waals surface area contributed by atoms with Gasteiger partial charge < -0.3 is 15.2 Å². The molecule has 0 saturated heterocycles. The Labute approximate surface area is 165 Å². The Morgan fingerprint density at radius 3 is 2.41 bits per heavy atom. The third-order valence-electron chi connectivity index (χ3n) is 3.90. The van der Waals surface area contributed by atoms with Gasteiger partial charge in [0.25, 0.3) is 5.91 Å². The van der Waals surface area contributed by atoms with E-state index in [2.05, 4.69) is 5.32 Å². The zero-order valence-electron chi connectivity index (χ0n) is 14.2. The number of carbonyl (C=O) groups is 2. The van der Waals surface area contributed by atoms with Gasteiger partial charge in [0.15, 0.2) is 6.10 Å². The number of fused-ring (bicyclic) bond motifs is 1. The molecular formula is C20H15Cl2NO4. The van der Waals surface area contributed by atoms with E-state index in [4.69, 9.17) is 27.9 Å². The van der Waals surface area contributed by atoms with Crippen molar-refractivity contribution in [3.05, 3.63) is 70.2 Å². The van der Waals surface area contributed by atoms with Crippen LogP contribution in [0.2, 0.25) is 10.0 Å². The number of hydrogen-bond donors (Lipinski definition) is 2. The first-order valence-corrected chi connectivity index (χ1v) is 8.79. The molecule has 0 spiro atoms. The molecule has 0 heterocycles. The van der Waals surface area contributed by atoms with Gasteiger partial charge in [-0.05, 0) is 36.6 Å². The normalized spacial score (nSPS) is 11.8. The summed E-state index contributed by atoms with van der Waals surface area (Å²) in [6.45, 7) is 1.43. The van der Waals surface area contributed by atoms with Crippen LogP contribution < -0.4 is 5.32 Å². The molecule has 0 aromatic heterocycles. The predicted molar refractivity (Wildman–Crippen MR) is 106 cm³/mol. The van der Waals surface area contributed by atoms with Gasteiger partial charge >= 0.3 is 5.97 Å². The first-order chi connectivity index (χ1) is 12.8. The Morgan fingerprint density at radius 2 is 1.70 bits per heavy atom. The maximum absolute atomic E-state index is 12.4. The second-order valence-corrected chi connectivity index (χ2v) is 6.75. The van der Waals surface area contributed by atoms with Crippen LogP contribution in [0.4, 0.5) is 5.69 Å². The van der Waals surface area contributed by atoms with E-state index in [-0.39, 0.29) is 11.3 Å². The van der Waals surface area contributed by atoms with Crippen LogP contribution in [0.25, 0.3) is 10.8 Å². The number of hydrogen-bond acceptors (Lipinski definition) is 4. The number of phenolic OH excluding ortho intramolecular Hbond substituents is 1. The first-order valence-electron chi connectivity index (χ1n) is 8.04. The lowest BCUT2D eigenvalue weighted by molar-refractivity contribution is -0.123. The number of aromatic hydroxyl groups is 1. The Hall–Kier alpha value is -2.76. The number of nitrogens with one attached hydrogen (secondary N) is 1. The van der Waals surface area contributed by atoms with Crippen LogP contribution in [0.15, 0.2) is 54.6 Å². The lowest BCUT2D eigenvalue weighted by atomic mass is 10.1. The predicted octanol–water partition coefficient (Wildman–Crippen LogP) is 5.04. The van der Waals surface area contributed by atoms with Gasteiger partial charge in [0.2, 0.25) is 0 Å². The van der Waals surface area contributed by atoms with Crippen molar-refractivity contribution in [3.8, 4) is 5.75 Å². The topological polar surface area (TPSA) is 75.6 Å². The molecular weight excluding hydrogens is 389 g/mol. The molecule has 0 aliphatic heterocycles. The van der Waals surface area contributed by atoms with Crippen molar-refractivity contribution in [2.24, 2.45) is 0 Å². The van der Waals surface area contributed by atoms with Crippen molar-refractivity contribution < 1.29 is 19.4 Å². The molecule has 0 unspecified atom stereocenters. The number of ether oxygens (including phenoxy) is 1. The average molecular weight is 404 g/mol. The van der Waals surface area contributed by atoms with Crippen molar-refractivity contribution in [3.63, 3.8) is 0 Å². The molecule has 27 heavy (non-hydrogen) atoms. The van der Waals surface area contributed by atoms with E-state index in [0.717, 1.165) is 5.39 Å². The van der Waals surface area contributed by atoms with E-state index in [1.807, 2.05) is 12.1 Å². The number of rotatable bonds is 4. The van der Waals surface area contributed by atoms with Crippen LogP contribution in [0.1, 0.15) is 17.3 Å². The minimum absolute atomic E-state index is 0.0147. The van der Waals surface area contributed by atoms with Crippen molar-refractivity contribution >= 4 is 51.5 Å². The van der Waals surface area contributed by atoms with Crippen molar-refractivity contribution in [2.45, 2.75) is 13.0 Å². The van der Waals surface area contributed by atoms with Gasteiger partial charge in [-0.15, -0.1) is 0 Å². The molecule has 3 aromatic rings. The fourth-order valence-corrected chi connectivity index (χ4v) is 3.09. The molecule has 0 saturated carbocycles. The van der Waals surface area contributed by atoms with Gasteiger partial charge in [0.1, 0.15) is 11.3 Å². The fraction of sp³-hybridized carbons (Fsp3) is 0.100. The van der Waals surface area contributed by atoms with Gasteiger partial charge in [0.05, 0.1) is 0 Å². The lowest BCUT2D eigenvalue weighted by Gasteiger charge is -2.15. The van der Waals surface area contributed by atoms with Crippen molar-refractivity contribution in [2.75, 3.05) is 5.32 Å². The highest BCUT2D eigenvalue weighted by atomic mass is 35.5. The summed E-state index contributed by atoms with van der Waals surface area (Å²) in [7, 11) is 0. The Morgan fingerprint density at radius 1 is 1.04 bits per heavy atom. The molecule has 3 rings (SSSR count). The molecule has 2 N–H and O–H groups in total. The molecule has 138 valence electrons. The molecule has 0 radical (unpaired) electrons. The number of esters is 1. The second-order valence-electron chi connectivity index (χ2n) is 5.88. The smallest absolute Gasteiger partial charge is 0.342 e. The summed E-state index contributed by atoms with van der Waals surface area (Å²) in [6, 6.07) is 14.8. The number of carbonyl (C=O) groups excluding carboxylic acids is 2. The summed E-state index contributed by atoms with van der Waals surface area (Å²) in [4.78, 5) is 24.6. The van der Waals surface area contributed by atoms with Gasteiger partial charge in [-0.3, -0.25) is 4.79 Å². The SMILES string of the molecule is C[C@@H](OC(=O)c1ccc2ccccc2c1O)C(=O)Nc1cc(Cl)cc(Cl)c1. The van der Waals surface area contributed by atoms with Crippen molar-refractivity contribution in [1.29, 1.82) is 0 Å². The summed E-state index contributed by atoms with van der Waals surface area (Å²) in [6.07, 6.45) is -1.10. The first kappa shape index (κ1) is 19.0. The quantitative estimate of drug-likeness (QED) is 0.598. The van der Waals surface area contributed by atoms with Gasteiger partial charge in [-0.25, -0.2) is 4.79 Å². The van der Waals surface area contributed by atoms with E-state index in [9.17, 15) is 14.7 Å². The minimum atomic E-state index is -1.10. The Balaban J connectivity index is 1.73. The van der Waals surface area contributed by atoms with Gasteiger partial charge in [0, 0.05) is 21.1 Å². The molecule has 3 aromatic carbocycles. The van der Waals surface area contributed by atoms with E-state index in [1.54, 1.807) is 18.2 Å². The monoisotopic (exact) mass is 403 g/mol. The Kier molecular flexibility index (Phi) is 5.54. The third-order valence-corrected chi connectivity index (χ3v) is 4.34. The van der Waals surface area contributed by atoms with Crippen LogP contribution in [-0.4, -0.2) is 23.1 Å². The molecule has 0 fully saturated rings. The van der Waals surface area contributed by atoms with Gasteiger partial charge in [-0.2, -0.15) is 0 Å². The van der Waals surface area contributed by atoms with Crippen LogP contribution in [-0.2, 0) is 9.53 Å². The number of halogens is 2. The highest BCUT2D eigenvalue weighted by Gasteiger charge is 2.22. The largest absolute Gasteiger partial charge is 0.506 e. The van der Waals surface area contributed by atoms with E-state index in [1.165, 1.54) is 31.2 Å². The maximum atomic E-state index is 12.4. The molecule has 0 bridgehead atoms. The zero-order chi connectivity index (χ0) is 19.6. The number of benzene rings is 3. The molecule has 0 aliphatic rings. The minimum Gasteiger partial charge on any atom is -0.506 e. The third kappa shape index (κ3) is 4.32. The maximum Gasteiger partial charge on any atom is 0.342 e. The van der Waals surface area contributed by atoms with E-state index >= 15 is 0 Å². The Bertz CT molecular complexity index is 1020. The lowest BCUT2D eigenvalue weighted by Crippen LogP contribution is -2.30. The highest BCUT2D eigenvalue weighted by molar-refractivity contribution is 6.35. The summed E-state index contributed by atoms with van der Waals surface area (Å²) in [5.74, 6) is -1.54. The van der Waals surface area contributed by atoms with E-state index < -0.39 is 18.0 Å². The molecule has 1 atom stereocenters.